The summed E-state index contributed by atoms with van der Waals surface area (Å²) in [7, 11) is 0. The highest BCUT2D eigenvalue weighted by atomic mass is 16.4. The molecule has 1 aliphatic heterocycles. The van der Waals surface area contributed by atoms with Crippen molar-refractivity contribution in [3.05, 3.63) is 36.7 Å². The average Bonchev–Trinajstić information content (AvgIpc) is 3.19. The lowest BCUT2D eigenvalue weighted by molar-refractivity contribution is -0.141. The first-order valence-electron chi connectivity index (χ1n) is 6.89. The summed E-state index contributed by atoms with van der Waals surface area (Å²) < 4.78 is 1.59. The Morgan fingerprint density at radius 1 is 1.36 bits per heavy atom. The number of anilines is 1. The minimum Gasteiger partial charge on any atom is -0.481 e. The molecule has 3 rings (SSSR count). The average molecular weight is 301 g/mol. The van der Waals surface area contributed by atoms with Crippen LogP contribution < -0.4 is 5.32 Å². The van der Waals surface area contributed by atoms with Crippen LogP contribution in [-0.2, 0) is 4.79 Å². The van der Waals surface area contributed by atoms with Gasteiger partial charge in [-0.2, -0.15) is 0 Å². The van der Waals surface area contributed by atoms with Crippen molar-refractivity contribution in [1.29, 1.82) is 0 Å². The van der Waals surface area contributed by atoms with Crippen molar-refractivity contribution >= 4 is 17.7 Å². The lowest BCUT2D eigenvalue weighted by Crippen LogP contribution is -2.33. The van der Waals surface area contributed by atoms with Crippen molar-refractivity contribution < 1.29 is 14.7 Å². The standard InChI is InChI=1S/C14H15N5O3/c20-13(21)10-4-6-18(9-10)14(22)16-11-2-1-3-12(8-11)19-7-5-15-17-19/h1-3,5,7-8,10H,4,6,9H2,(H,16,22)(H,20,21). The number of nitrogens with zero attached hydrogens (tertiary/aromatic N) is 4. The summed E-state index contributed by atoms with van der Waals surface area (Å²) in [6.07, 6.45) is 3.77. The molecule has 0 spiro atoms. The van der Waals surface area contributed by atoms with Crippen molar-refractivity contribution in [2.45, 2.75) is 6.42 Å². The number of carbonyl (C=O) groups excluding carboxylic acids is 1. The van der Waals surface area contributed by atoms with Gasteiger partial charge in [0.2, 0.25) is 0 Å². The van der Waals surface area contributed by atoms with E-state index in [-0.39, 0.29) is 12.6 Å². The molecule has 8 nitrogen and oxygen atoms in total. The van der Waals surface area contributed by atoms with Gasteiger partial charge in [0.15, 0.2) is 0 Å². The largest absolute Gasteiger partial charge is 0.481 e. The Kier molecular flexibility index (Phi) is 3.73. The van der Waals surface area contributed by atoms with E-state index in [0.29, 0.717) is 18.7 Å². The number of likely N-dealkylation sites (tertiary alicyclic amines) is 1. The van der Waals surface area contributed by atoms with Crippen molar-refractivity contribution in [2.75, 3.05) is 18.4 Å². The highest BCUT2D eigenvalue weighted by Gasteiger charge is 2.30. The number of aliphatic carboxylic acids is 1. The second kappa shape index (κ2) is 5.84. The van der Waals surface area contributed by atoms with E-state index in [1.54, 1.807) is 35.3 Å². The van der Waals surface area contributed by atoms with Gasteiger partial charge in [0.05, 0.1) is 24.0 Å². The fraction of sp³-hybridized carbons (Fsp3) is 0.286. The lowest BCUT2D eigenvalue weighted by atomic mass is 10.1. The molecule has 1 aliphatic rings. The van der Waals surface area contributed by atoms with Gasteiger partial charge in [0, 0.05) is 18.8 Å². The maximum absolute atomic E-state index is 12.2. The number of carboxylic acid groups (broad SMARTS) is 1. The molecule has 114 valence electrons. The molecule has 1 saturated heterocycles. The number of carboxylic acids is 1. The maximum atomic E-state index is 12.2. The van der Waals surface area contributed by atoms with Gasteiger partial charge in [0.1, 0.15) is 0 Å². The molecular formula is C14H15N5O3. The fourth-order valence-corrected chi connectivity index (χ4v) is 2.42. The van der Waals surface area contributed by atoms with Gasteiger partial charge in [-0.05, 0) is 24.6 Å². The highest BCUT2D eigenvalue weighted by Crippen LogP contribution is 2.19. The first kappa shape index (κ1) is 14.1. The van der Waals surface area contributed by atoms with Crippen LogP contribution in [0.25, 0.3) is 5.69 Å². The Bertz CT molecular complexity index is 686. The summed E-state index contributed by atoms with van der Waals surface area (Å²) in [5, 5.41) is 19.4. The van der Waals surface area contributed by atoms with Gasteiger partial charge in [0.25, 0.3) is 0 Å². The second-order valence-electron chi connectivity index (χ2n) is 5.10. The molecule has 1 atom stereocenters. The molecule has 2 N–H and O–H groups in total. The van der Waals surface area contributed by atoms with Gasteiger partial charge in [-0.1, -0.05) is 11.3 Å². The number of benzene rings is 1. The number of urea groups is 1. The zero-order valence-electron chi connectivity index (χ0n) is 11.7. The van der Waals surface area contributed by atoms with Crippen molar-refractivity contribution in [1.82, 2.24) is 19.9 Å². The Morgan fingerprint density at radius 2 is 2.23 bits per heavy atom. The molecule has 2 amide bonds. The monoisotopic (exact) mass is 301 g/mol. The third kappa shape index (κ3) is 2.90. The van der Waals surface area contributed by atoms with Crippen LogP contribution in [0.4, 0.5) is 10.5 Å². The smallest absolute Gasteiger partial charge is 0.321 e. The van der Waals surface area contributed by atoms with Crippen LogP contribution >= 0.6 is 0 Å². The minimum atomic E-state index is -0.858. The van der Waals surface area contributed by atoms with Crippen LogP contribution in [0.3, 0.4) is 0 Å². The van der Waals surface area contributed by atoms with Crippen molar-refractivity contribution in [2.24, 2.45) is 5.92 Å². The first-order valence-corrected chi connectivity index (χ1v) is 6.89. The zero-order valence-corrected chi connectivity index (χ0v) is 11.7. The lowest BCUT2D eigenvalue weighted by Gasteiger charge is -2.17. The van der Waals surface area contributed by atoms with Crippen molar-refractivity contribution in [3.8, 4) is 5.69 Å². The van der Waals surface area contributed by atoms with Gasteiger partial charge >= 0.3 is 12.0 Å². The summed E-state index contributed by atoms with van der Waals surface area (Å²) in [5.74, 6) is -1.34. The predicted octanol–water partition coefficient (Wildman–Crippen LogP) is 1.21. The van der Waals surface area contributed by atoms with E-state index >= 15 is 0 Å². The molecule has 1 aromatic heterocycles. The van der Waals surface area contributed by atoms with E-state index in [4.69, 9.17) is 5.11 Å². The summed E-state index contributed by atoms with van der Waals surface area (Å²) in [6.45, 7) is 0.690. The molecule has 0 aliphatic carbocycles. The SMILES string of the molecule is O=C(O)C1CCN(C(=O)Nc2cccc(-n3ccnn3)c2)C1. The van der Waals surface area contributed by atoms with E-state index in [9.17, 15) is 9.59 Å². The molecule has 8 heteroatoms. The van der Waals surface area contributed by atoms with Crippen LogP contribution in [0.2, 0.25) is 0 Å². The molecule has 0 bridgehead atoms. The molecular weight excluding hydrogens is 286 g/mol. The number of hydrogen-bond donors (Lipinski definition) is 2. The van der Waals surface area contributed by atoms with Gasteiger partial charge in [-0.15, -0.1) is 5.10 Å². The quantitative estimate of drug-likeness (QED) is 0.887. The van der Waals surface area contributed by atoms with E-state index in [0.717, 1.165) is 5.69 Å². The number of amides is 2. The molecule has 0 saturated carbocycles. The molecule has 22 heavy (non-hydrogen) atoms. The van der Waals surface area contributed by atoms with Gasteiger partial charge < -0.3 is 15.3 Å². The van der Waals surface area contributed by atoms with Crippen LogP contribution in [0, 0.1) is 5.92 Å². The molecule has 1 aromatic carbocycles. The summed E-state index contributed by atoms with van der Waals surface area (Å²) in [5.41, 5.74) is 1.40. The third-order valence-corrected chi connectivity index (χ3v) is 3.61. The molecule has 0 radical (unpaired) electrons. The summed E-state index contributed by atoms with van der Waals surface area (Å²) >= 11 is 0. The summed E-state index contributed by atoms with van der Waals surface area (Å²) in [4.78, 5) is 24.6. The molecule has 2 heterocycles. The third-order valence-electron chi connectivity index (χ3n) is 3.61. The van der Waals surface area contributed by atoms with E-state index < -0.39 is 11.9 Å². The van der Waals surface area contributed by atoms with Gasteiger partial charge in [-0.25, -0.2) is 9.48 Å². The minimum absolute atomic E-state index is 0.240. The first-order chi connectivity index (χ1) is 10.6. The van der Waals surface area contributed by atoms with Gasteiger partial charge in [-0.3, -0.25) is 4.79 Å². The predicted molar refractivity (Wildman–Crippen MR) is 77.7 cm³/mol. The highest BCUT2D eigenvalue weighted by molar-refractivity contribution is 5.90. The Morgan fingerprint density at radius 3 is 2.91 bits per heavy atom. The maximum Gasteiger partial charge on any atom is 0.321 e. The van der Waals surface area contributed by atoms with E-state index in [1.165, 1.54) is 4.90 Å². The van der Waals surface area contributed by atoms with E-state index in [2.05, 4.69) is 15.6 Å². The number of nitrogens with one attached hydrogen (secondary N) is 1. The molecule has 1 fully saturated rings. The number of carbonyl (C=O) groups is 2. The molecule has 2 aromatic rings. The second-order valence-corrected chi connectivity index (χ2v) is 5.10. The van der Waals surface area contributed by atoms with Crippen molar-refractivity contribution in [3.63, 3.8) is 0 Å². The molecule has 1 unspecified atom stereocenters. The Labute approximate surface area is 126 Å². The normalized spacial score (nSPS) is 17.5. The van der Waals surface area contributed by atoms with Crippen LogP contribution in [-0.4, -0.2) is 50.1 Å². The topological polar surface area (TPSA) is 100 Å². The Balaban J connectivity index is 1.67. The summed E-state index contributed by atoms with van der Waals surface area (Å²) in [6, 6.07) is 6.90. The van der Waals surface area contributed by atoms with Crippen LogP contribution in [0.5, 0.6) is 0 Å². The van der Waals surface area contributed by atoms with Crippen LogP contribution in [0.15, 0.2) is 36.7 Å². The Hall–Kier alpha value is -2.90. The number of rotatable bonds is 3. The van der Waals surface area contributed by atoms with Crippen LogP contribution in [0.1, 0.15) is 6.42 Å². The fourth-order valence-electron chi connectivity index (χ4n) is 2.42. The number of hydrogen-bond acceptors (Lipinski definition) is 4. The number of aromatic nitrogens is 3. The zero-order chi connectivity index (χ0) is 15.5. The van der Waals surface area contributed by atoms with E-state index in [1.807, 2.05) is 6.07 Å².